The summed E-state index contributed by atoms with van der Waals surface area (Å²) in [6, 6.07) is 10.3. The van der Waals surface area contributed by atoms with Gasteiger partial charge in [-0.1, -0.05) is 18.2 Å². The highest BCUT2D eigenvalue weighted by Crippen LogP contribution is 2.13. The Kier molecular flexibility index (Phi) is 6.90. The number of aliphatic imine (C=N–C) groups is 1. The van der Waals surface area contributed by atoms with Crippen molar-refractivity contribution in [2.45, 2.75) is 25.8 Å². The second-order valence-corrected chi connectivity index (χ2v) is 8.24. The van der Waals surface area contributed by atoms with Crippen LogP contribution < -0.4 is 15.5 Å². The predicted octanol–water partition coefficient (Wildman–Crippen LogP) is 1.26. The van der Waals surface area contributed by atoms with E-state index in [1.165, 1.54) is 5.69 Å². The first-order chi connectivity index (χ1) is 11.5. The molecule has 6 nitrogen and oxygen atoms in total. The van der Waals surface area contributed by atoms with E-state index < -0.39 is 9.84 Å². The standard InChI is InChI=1S/C17H28N4O2S/c1-3-21(16-8-5-4-6-9-16)12-7-11-19-17(18-2)20-15-10-13-24(22,23)14-15/h4-6,8-9,15H,3,7,10-14H2,1-2H3,(H2,18,19,20). The number of para-hydroxylation sites is 1. The quantitative estimate of drug-likeness (QED) is 0.439. The molecule has 1 aliphatic rings. The number of benzene rings is 1. The van der Waals surface area contributed by atoms with Gasteiger partial charge in [0.1, 0.15) is 0 Å². The van der Waals surface area contributed by atoms with Crippen molar-refractivity contribution in [2.24, 2.45) is 4.99 Å². The van der Waals surface area contributed by atoms with E-state index in [4.69, 9.17) is 0 Å². The normalized spacial score (nSPS) is 19.9. The van der Waals surface area contributed by atoms with Crippen molar-refractivity contribution < 1.29 is 8.42 Å². The van der Waals surface area contributed by atoms with Gasteiger partial charge in [0.2, 0.25) is 0 Å². The third kappa shape index (κ3) is 5.70. The highest BCUT2D eigenvalue weighted by Gasteiger charge is 2.28. The van der Waals surface area contributed by atoms with Gasteiger partial charge in [0.05, 0.1) is 11.5 Å². The molecule has 1 atom stereocenters. The largest absolute Gasteiger partial charge is 0.372 e. The Hall–Kier alpha value is -1.76. The van der Waals surface area contributed by atoms with E-state index in [9.17, 15) is 8.42 Å². The van der Waals surface area contributed by atoms with Gasteiger partial charge in [-0.3, -0.25) is 4.99 Å². The van der Waals surface area contributed by atoms with Crippen molar-refractivity contribution in [3.05, 3.63) is 30.3 Å². The van der Waals surface area contributed by atoms with Crippen molar-refractivity contribution in [3.8, 4) is 0 Å². The van der Waals surface area contributed by atoms with Crippen molar-refractivity contribution in [1.29, 1.82) is 0 Å². The molecule has 0 radical (unpaired) electrons. The van der Waals surface area contributed by atoms with Gasteiger partial charge >= 0.3 is 0 Å². The number of sulfone groups is 1. The smallest absolute Gasteiger partial charge is 0.191 e. The van der Waals surface area contributed by atoms with Gasteiger partial charge in [0.25, 0.3) is 0 Å². The SMILES string of the molecule is CCN(CCCNC(=NC)NC1CCS(=O)(=O)C1)c1ccccc1. The van der Waals surface area contributed by atoms with Crippen LogP contribution in [0.25, 0.3) is 0 Å². The maximum Gasteiger partial charge on any atom is 0.191 e. The summed E-state index contributed by atoms with van der Waals surface area (Å²) in [5, 5.41) is 6.47. The number of nitrogens with zero attached hydrogens (tertiary/aromatic N) is 2. The first-order valence-electron chi connectivity index (χ1n) is 8.51. The number of nitrogens with one attached hydrogen (secondary N) is 2. The summed E-state index contributed by atoms with van der Waals surface area (Å²) >= 11 is 0. The minimum atomic E-state index is -2.87. The maximum absolute atomic E-state index is 11.5. The fourth-order valence-corrected chi connectivity index (χ4v) is 4.56. The number of hydrogen-bond donors (Lipinski definition) is 2. The first-order valence-corrected chi connectivity index (χ1v) is 10.3. The Morgan fingerprint density at radius 1 is 1.33 bits per heavy atom. The van der Waals surface area contributed by atoms with Crippen molar-refractivity contribution >= 4 is 21.5 Å². The van der Waals surface area contributed by atoms with E-state index in [2.05, 4.69) is 51.7 Å². The Balaban J connectivity index is 1.72. The van der Waals surface area contributed by atoms with Gasteiger partial charge in [0, 0.05) is 38.4 Å². The summed E-state index contributed by atoms with van der Waals surface area (Å²) in [4.78, 5) is 6.52. The molecule has 0 aromatic heterocycles. The number of rotatable bonds is 7. The molecular formula is C17H28N4O2S. The van der Waals surface area contributed by atoms with Crippen LogP contribution in [0.15, 0.2) is 35.3 Å². The summed E-state index contributed by atoms with van der Waals surface area (Å²) in [5.74, 6) is 1.15. The summed E-state index contributed by atoms with van der Waals surface area (Å²) in [7, 11) is -1.16. The minimum absolute atomic E-state index is 0.0299. The zero-order chi connectivity index (χ0) is 17.4. The Labute approximate surface area is 145 Å². The van der Waals surface area contributed by atoms with Crippen LogP contribution in [-0.4, -0.2) is 58.6 Å². The van der Waals surface area contributed by atoms with Crippen LogP contribution >= 0.6 is 0 Å². The predicted molar refractivity (Wildman–Crippen MR) is 101 cm³/mol. The number of hydrogen-bond acceptors (Lipinski definition) is 4. The molecule has 1 saturated heterocycles. The van der Waals surface area contributed by atoms with Crippen molar-refractivity contribution in [3.63, 3.8) is 0 Å². The molecular weight excluding hydrogens is 324 g/mol. The van der Waals surface area contributed by atoms with E-state index >= 15 is 0 Å². The molecule has 1 aromatic carbocycles. The molecule has 1 fully saturated rings. The second-order valence-electron chi connectivity index (χ2n) is 6.01. The fourth-order valence-electron chi connectivity index (χ4n) is 2.88. The highest BCUT2D eigenvalue weighted by atomic mass is 32.2. The zero-order valence-corrected chi connectivity index (χ0v) is 15.3. The third-order valence-corrected chi connectivity index (χ3v) is 5.97. The summed E-state index contributed by atoms with van der Waals surface area (Å²) in [6.07, 6.45) is 1.63. The molecule has 0 spiro atoms. The van der Waals surface area contributed by atoms with E-state index in [1.54, 1.807) is 7.05 Å². The highest BCUT2D eigenvalue weighted by molar-refractivity contribution is 7.91. The van der Waals surface area contributed by atoms with Crippen molar-refractivity contribution in [1.82, 2.24) is 10.6 Å². The van der Waals surface area contributed by atoms with Gasteiger partial charge in [-0.15, -0.1) is 0 Å². The van der Waals surface area contributed by atoms with Gasteiger partial charge < -0.3 is 15.5 Å². The van der Waals surface area contributed by atoms with E-state index in [0.29, 0.717) is 12.4 Å². The number of guanidine groups is 1. The number of anilines is 1. The monoisotopic (exact) mass is 352 g/mol. The third-order valence-electron chi connectivity index (χ3n) is 4.20. The lowest BCUT2D eigenvalue weighted by atomic mass is 10.2. The Morgan fingerprint density at radius 3 is 2.67 bits per heavy atom. The lowest BCUT2D eigenvalue weighted by molar-refractivity contribution is 0.599. The molecule has 1 unspecified atom stereocenters. The minimum Gasteiger partial charge on any atom is -0.372 e. The lowest BCUT2D eigenvalue weighted by Crippen LogP contribution is -2.44. The molecule has 1 aliphatic heterocycles. The van der Waals surface area contributed by atoms with E-state index in [0.717, 1.165) is 26.1 Å². The van der Waals surface area contributed by atoms with Crippen LogP contribution in [0, 0.1) is 0 Å². The van der Waals surface area contributed by atoms with Gasteiger partial charge in [-0.05, 0) is 31.9 Å². The molecule has 1 aromatic rings. The second kappa shape index (κ2) is 8.92. The molecule has 134 valence electrons. The van der Waals surface area contributed by atoms with Gasteiger partial charge in [-0.25, -0.2) is 8.42 Å². The molecule has 1 heterocycles. The summed E-state index contributed by atoms with van der Waals surface area (Å²) < 4.78 is 23.0. The summed E-state index contributed by atoms with van der Waals surface area (Å²) in [5.41, 5.74) is 1.23. The van der Waals surface area contributed by atoms with Crippen LogP contribution in [0.5, 0.6) is 0 Å². The Bertz CT molecular complexity index is 631. The molecule has 0 aliphatic carbocycles. The van der Waals surface area contributed by atoms with Crippen molar-refractivity contribution in [2.75, 3.05) is 43.1 Å². The van der Waals surface area contributed by atoms with E-state index in [-0.39, 0.29) is 17.5 Å². The maximum atomic E-state index is 11.5. The molecule has 0 amide bonds. The summed E-state index contributed by atoms with van der Waals surface area (Å²) in [6.45, 7) is 4.88. The molecule has 0 saturated carbocycles. The van der Waals surface area contributed by atoms with Crippen LogP contribution in [0.4, 0.5) is 5.69 Å². The molecule has 7 heteroatoms. The molecule has 2 N–H and O–H groups in total. The van der Waals surface area contributed by atoms with Crippen LogP contribution in [0.1, 0.15) is 19.8 Å². The topological polar surface area (TPSA) is 73.8 Å². The van der Waals surface area contributed by atoms with Crippen LogP contribution in [-0.2, 0) is 9.84 Å². The average Bonchev–Trinajstić information content (AvgIpc) is 2.93. The molecule has 24 heavy (non-hydrogen) atoms. The van der Waals surface area contributed by atoms with Gasteiger partial charge in [0.15, 0.2) is 15.8 Å². The first kappa shape index (κ1) is 18.6. The Morgan fingerprint density at radius 2 is 2.08 bits per heavy atom. The fraction of sp³-hybridized carbons (Fsp3) is 0.588. The van der Waals surface area contributed by atoms with Crippen LogP contribution in [0.2, 0.25) is 0 Å². The molecule has 2 rings (SSSR count). The van der Waals surface area contributed by atoms with Gasteiger partial charge in [-0.2, -0.15) is 0 Å². The lowest BCUT2D eigenvalue weighted by Gasteiger charge is -2.23. The zero-order valence-electron chi connectivity index (χ0n) is 14.5. The molecule has 0 bridgehead atoms. The van der Waals surface area contributed by atoms with E-state index in [1.807, 2.05) is 6.07 Å². The van der Waals surface area contributed by atoms with Crippen LogP contribution in [0.3, 0.4) is 0 Å². The average molecular weight is 353 g/mol.